The second kappa shape index (κ2) is 7.73. The first-order valence-corrected chi connectivity index (χ1v) is 5.97. The van der Waals surface area contributed by atoms with Crippen LogP contribution in [0, 0.1) is 5.41 Å². The molecule has 0 fully saturated rings. The first-order valence-electron chi connectivity index (χ1n) is 5.97. The van der Waals surface area contributed by atoms with Gasteiger partial charge in [0.25, 0.3) is 0 Å². The molecule has 0 spiro atoms. The highest BCUT2D eigenvalue weighted by Gasteiger charge is 2.26. The van der Waals surface area contributed by atoms with E-state index in [4.69, 9.17) is 9.84 Å². The predicted molar refractivity (Wildman–Crippen MR) is 68.7 cm³/mol. The number of carbonyl (C=O) groups is 3. The van der Waals surface area contributed by atoms with E-state index in [1.54, 1.807) is 20.8 Å². The minimum atomic E-state index is -0.976. The summed E-state index contributed by atoms with van der Waals surface area (Å²) in [6.07, 6.45) is -0.173. The number of hydrogen-bond donors (Lipinski definition) is 3. The zero-order chi connectivity index (χ0) is 15.1. The highest BCUT2D eigenvalue weighted by Crippen LogP contribution is 2.24. The summed E-state index contributed by atoms with van der Waals surface area (Å²) in [5.74, 6) is -1.48. The Kier molecular flexibility index (Phi) is 7.06. The molecule has 0 radical (unpaired) electrons. The van der Waals surface area contributed by atoms with Gasteiger partial charge in [0.2, 0.25) is 5.91 Å². The number of aliphatic carboxylic acids is 1. The molecule has 0 aromatic heterocycles. The van der Waals surface area contributed by atoms with Crippen LogP contribution in [0.2, 0.25) is 0 Å². The average molecular weight is 274 g/mol. The number of nitrogens with one attached hydrogen (secondary N) is 2. The number of carboxylic acid groups (broad SMARTS) is 1. The van der Waals surface area contributed by atoms with Gasteiger partial charge in [0.1, 0.15) is 0 Å². The third-order valence-corrected chi connectivity index (χ3v) is 2.32. The van der Waals surface area contributed by atoms with Gasteiger partial charge in [-0.25, -0.2) is 4.79 Å². The normalized spacial score (nSPS) is 12.6. The molecule has 19 heavy (non-hydrogen) atoms. The fraction of sp³-hybridized carbons (Fsp3) is 0.750. The van der Waals surface area contributed by atoms with E-state index >= 15 is 0 Å². The van der Waals surface area contributed by atoms with Crippen molar-refractivity contribution in [3.63, 3.8) is 0 Å². The number of carboxylic acids is 1. The van der Waals surface area contributed by atoms with Crippen molar-refractivity contribution in [2.24, 2.45) is 5.41 Å². The lowest BCUT2D eigenvalue weighted by molar-refractivity contribution is -0.139. The van der Waals surface area contributed by atoms with Gasteiger partial charge in [0.15, 0.2) is 0 Å². The van der Waals surface area contributed by atoms with Crippen LogP contribution in [-0.2, 0) is 14.3 Å². The van der Waals surface area contributed by atoms with E-state index in [0.717, 1.165) is 0 Å². The number of urea groups is 1. The standard InChI is InChI=1S/C12H22N2O5/c1-8(7-19-4)13-11(18)14-9(15)5-12(2,3)6-10(16)17/h8H,5-7H2,1-4H3,(H,16,17)(H2,13,14,15,18). The molecular formula is C12H22N2O5. The molecular weight excluding hydrogens is 252 g/mol. The van der Waals surface area contributed by atoms with Crippen molar-refractivity contribution in [1.82, 2.24) is 10.6 Å². The van der Waals surface area contributed by atoms with E-state index in [9.17, 15) is 14.4 Å². The lowest BCUT2D eigenvalue weighted by Crippen LogP contribution is -2.45. The SMILES string of the molecule is COCC(C)NC(=O)NC(=O)CC(C)(C)CC(=O)O. The van der Waals surface area contributed by atoms with Crippen molar-refractivity contribution < 1.29 is 24.2 Å². The molecule has 0 aromatic rings. The van der Waals surface area contributed by atoms with E-state index < -0.39 is 23.3 Å². The Hall–Kier alpha value is -1.63. The third-order valence-electron chi connectivity index (χ3n) is 2.32. The van der Waals surface area contributed by atoms with Crippen LogP contribution in [0.3, 0.4) is 0 Å². The molecule has 7 nitrogen and oxygen atoms in total. The molecule has 0 rings (SSSR count). The summed E-state index contributed by atoms with van der Waals surface area (Å²) >= 11 is 0. The molecule has 110 valence electrons. The van der Waals surface area contributed by atoms with Gasteiger partial charge in [-0.15, -0.1) is 0 Å². The Bertz CT molecular complexity index is 341. The molecule has 1 atom stereocenters. The molecule has 0 aliphatic carbocycles. The molecule has 0 saturated carbocycles. The third kappa shape index (κ3) is 9.01. The average Bonchev–Trinajstić information content (AvgIpc) is 2.12. The largest absolute Gasteiger partial charge is 0.481 e. The minimum absolute atomic E-state index is 0.0363. The van der Waals surface area contributed by atoms with E-state index in [1.165, 1.54) is 7.11 Å². The Morgan fingerprint density at radius 3 is 2.32 bits per heavy atom. The first kappa shape index (κ1) is 17.4. The minimum Gasteiger partial charge on any atom is -0.481 e. The Morgan fingerprint density at radius 2 is 1.84 bits per heavy atom. The van der Waals surface area contributed by atoms with Crippen LogP contribution in [0.25, 0.3) is 0 Å². The second-order valence-electron chi connectivity index (χ2n) is 5.29. The smallest absolute Gasteiger partial charge is 0.321 e. The van der Waals surface area contributed by atoms with E-state index in [1.807, 2.05) is 0 Å². The maximum absolute atomic E-state index is 11.6. The van der Waals surface area contributed by atoms with Crippen molar-refractivity contribution in [1.29, 1.82) is 0 Å². The lowest BCUT2D eigenvalue weighted by atomic mass is 9.85. The number of amides is 3. The molecule has 0 aliphatic rings. The van der Waals surface area contributed by atoms with Crippen molar-refractivity contribution in [2.45, 2.75) is 39.7 Å². The fourth-order valence-corrected chi connectivity index (χ4v) is 1.63. The monoisotopic (exact) mass is 274 g/mol. The highest BCUT2D eigenvalue weighted by atomic mass is 16.5. The van der Waals surface area contributed by atoms with Gasteiger partial charge in [-0.3, -0.25) is 14.9 Å². The molecule has 3 N–H and O–H groups in total. The summed E-state index contributed by atoms with van der Waals surface area (Å²) < 4.78 is 4.84. The summed E-state index contributed by atoms with van der Waals surface area (Å²) in [5.41, 5.74) is -0.700. The summed E-state index contributed by atoms with van der Waals surface area (Å²) in [6, 6.07) is -0.828. The number of carbonyl (C=O) groups excluding carboxylic acids is 2. The number of ether oxygens (including phenoxy) is 1. The van der Waals surface area contributed by atoms with Gasteiger partial charge in [0.05, 0.1) is 19.1 Å². The number of imide groups is 1. The van der Waals surface area contributed by atoms with Gasteiger partial charge >= 0.3 is 12.0 Å². The van der Waals surface area contributed by atoms with Gasteiger partial charge in [-0.2, -0.15) is 0 Å². The van der Waals surface area contributed by atoms with Gasteiger partial charge in [-0.05, 0) is 12.3 Å². The molecule has 1 unspecified atom stereocenters. The lowest BCUT2D eigenvalue weighted by Gasteiger charge is -2.21. The molecule has 0 heterocycles. The molecule has 0 aromatic carbocycles. The van der Waals surface area contributed by atoms with Crippen LogP contribution in [0.15, 0.2) is 0 Å². The van der Waals surface area contributed by atoms with Crippen LogP contribution in [0.1, 0.15) is 33.6 Å². The van der Waals surface area contributed by atoms with Gasteiger partial charge in [-0.1, -0.05) is 13.8 Å². The molecule has 7 heteroatoms. The van der Waals surface area contributed by atoms with E-state index in [0.29, 0.717) is 6.61 Å². The van der Waals surface area contributed by atoms with Crippen molar-refractivity contribution in [2.75, 3.05) is 13.7 Å². The van der Waals surface area contributed by atoms with E-state index in [2.05, 4.69) is 10.6 Å². The zero-order valence-electron chi connectivity index (χ0n) is 11.8. The van der Waals surface area contributed by atoms with Crippen LogP contribution >= 0.6 is 0 Å². The highest BCUT2D eigenvalue weighted by molar-refractivity contribution is 5.94. The van der Waals surface area contributed by atoms with Crippen LogP contribution in [0.5, 0.6) is 0 Å². The number of rotatable bonds is 7. The summed E-state index contributed by atoms with van der Waals surface area (Å²) in [4.78, 5) is 33.6. The Balaban J connectivity index is 4.16. The summed E-state index contributed by atoms with van der Waals surface area (Å²) in [6.45, 7) is 5.40. The summed E-state index contributed by atoms with van der Waals surface area (Å²) in [5, 5.41) is 13.4. The first-order chi connectivity index (χ1) is 8.66. The quantitative estimate of drug-likeness (QED) is 0.635. The van der Waals surface area contributed by atoms with Gasteiger partial charge < -0.3 is 15.2 Å². The summed E-state index contributed by atoms with van der Waals surface area (Å²) in [7, 11) is 1.51. The van der Waals surface area contributed by atoms with Crippen LogP contribution < -0.4 is 10.6 Å². The van der Waals surface area contributed by atoms with Crippen LogP contribution in [0.4, 0.5) is 4.79 Å². The van der Waals surface area contributed by atoms with Crippen molar-refractivity contribution in [3.8, 4) is 0 Å². The maximum atomic E-state index is 11.6. The maximum Gasteiger partial charge on any atom is 0.321 e. The number of methoxy groups -OCH3 is 1. The molecule has 0 aliphatic heterocycles. The topological polar surface area (TPSA) is 105 Å². The van der Waals surface area contributed by atoms with Crippen molar-refractivity contribution in [3.05, 3.63) is 0 Å². The van der Waals surface area contributed by atoms with Gasteiger partial charge in [0, 0.05) is 13.5 Å². The number of hydrogen-bond acceptors (Lipinski definition) is 4. The molecule has 0 saturated heterocycles. The van der Waals surface area contributed by atoms with Crippen LogP contribution in [-0.4, -0.2) is 42.8 Å². The Morgan fingerprint density at radius 1 is 1.26 bits per heavy atom. The Labute approximate surface area is 112 Å². The predicted octanol–water partition coefficient (Wildman–Crippen LogP) is 0.738. The molecule has 3 amide bonds. The molecule has 0 bridgehead atoms. The second-order valence-corrected chi connectivity index (χ2v) is 5.29. The zero-order valence-corrected chi connectivity index (χ0v) is 11.8. The van der Waals surface area contributed by atoms with E-state index in [-0.39, 0.29) is 18.9 Å². The van der Waals surface area contributed by atoms with Crippen molar-refractivity contribution >= 4 is 17.9 Å². The fourth-order valence-electron chi connectivity index (χ4n) is 1.63.